The molecule has 5 nitrogen and oxygen atoms in total. The van der Waals surface area contributed by atoms with E-state index in [0.717, 1.165) is 43.8 Å². The molecule has 0 radical (unpaired) electrons. The fraction of sp³-hybridized carbons (Fsp3) is 0.769. The Morgan fingerprint density at radius 2 is 2.22 bits per heavy atom. The van der Waals surface area contributed by atoms with Gasteiger partial charge in [-0.15, -0.1) is 5.10 Å². The summed E-state index contributed by atoms with van der Waals surface area (Å²) >= 11 is 0. The molecule has 2 rings (SSSR count). The molecule has 1 fully saturated rings. The zero-order chi connectivity index (χ0) is 12.8. The van der Waals surface area contributed by atoms with Crippen LogP contribution in [0, 0.1) is 17.2 Å². The van der Waals surface area contributed by atoms with Gasteiger partial charge in [0.25, 0.3) is 0 Å². The van der Waals surface area contributed by atoms with Crippen LogP contribution in [0.25, 0.3) is 0 Å². The Morgan fingerprint density at radius 3 is 2.89 bits per heavy atom. The van der Waals surface area contributed by atoms with Crippen molar-refractivity contribution in [3.05, 3.63) is 11.4 Å². The summed E-state index contributed by atoms with van der Waals surface area (Å²) in [5.41, 5.74) is 7.96. The van der Waals surface area contributed by atoms with Gasteiger partial charge in [-0.25, -0.2) is 4.68 Å². The van der Waals surface area contributed by atoms with Crippen molar-refractivity contribution in [1.29, 1.82) is 5.26 Å². The fourth-order valence-electron chi connectivity index (χ4n) is 2.16. The van der Waals surface area contributed by atoms with Crippen molar-refractivity contribution in [3.63, 3.8) is 0 Å². The lowest BCUT2D eigenvalue weighted by molar-refractivity contribution is 0.520. The first-order valence-corrected chi connectivity index (χ1v) is 6.83. The molecule has 1 aromatic heterocycles. The van der Waals surface area contributed by atoms with E-state index in [1.165, 1.54) is 18.5 Å². The third-order valence-corrected chi connectivity index (χ3v) is 3.39. The third kappa shape index (κ3) is 3.54. The molecule has 0 unspecified atom stereocenters. The van der Waals surface area contributed by atoms with E-state index in [0.29, 0.717) is 13.0 Å². The second-order valence-corrected chi connectivity index (χ2v) is 5.01. The summed E-state index contributed by atoms with van der Waals surface area (Å²) in [6.07, 6.45) is 7.15. The molecule has 1 heterocycles. The number of nitriles is 1. The average Bonchev–Trinajstić information content (AvgIpc) is 3.11. The first kappa shape index (κ1) is 13.0. The van der Waals surface area contributed by atoms with E-state index in [1.807, 2.05) is 4.68 Å². The second kappa shape index (κ2) is 6.50. The maximum absolute atomic E-state index is 8.52. The molecule has 0 atom stereocenters. The highest BCUT2D eigenvalue weighted by Crippen LogP contribution is 2.33. The first-order valence-electron chi connectivity index (χ1n) is 6.83. The van der Waals surface area contributed by atoms with Crippen LogP contribution in [-0.4, -0.2) is 21.5 Å². The lowest BCUT2D eigenvalue weighted by Gasteiger charge is -2.06. The van der Waals surface area contributed by atoms with Crippen LogP contribution in [0.4, 0.5) is 0 Å². The summed E-state index contributed by atoms with van der Waals surface area (Å²) < 4.78 is 2.03. The highest BCUT2D eigenvalue weighted by Gasteiger charge is 2.25. The minimum Gasteiger partial charge on any atom is -0.330 e. The highest BCUT2D eigenvalue weighted by molar-refractivity contribution is 5.13. The number of rotatable bonds is 8. The first-order chi connectivity index (χ1) is 8.85. The Hall–Kier alpha value is -1.41. The van der Waals surface area contributed by atoms with Crippen LogP contribution in [0.1, 0.15) is 43.5 Å². The number of nitrogens with zero attached hydrogens (tertiary/aromatic N) is 4. The molecule has 2 N–H and O–H groups in total. The number of aryl methyl sites for hydroxylation is 1. The van der Waals surface area contributed by atoms with Gasteiger partial charge in [0.15, 0.2) is 0 Å². The Bertz CT molecular complexity index is 414. The maximum Gasteiger partial charge on any atom is 0.0871 e. The van der Waals surface area contributed by atoms with Gasteiger partial charge in [-0.05, 0) is 44.6 Å². The largest absolute Gasteiger partial charge is 0.330 e. The smallest absolute Gasteiger partial charge is 0.0871 e. The Balaban J connectivity index is 1.96. The van der Waals surface area contributed by atoms with Gasteiger partial charge in [-0.1, -0.05) is 5.21 Å². The molecule has 0 aliphatic heterocycles. The summed E-state index contributed by atoms with van der Waals surface area (Å²) in [5, 5.41) is 17.0. The van der Waals surface area contributed by atoms with Crippen LogP contribution < -0.4 is 5.73 Å². The van der Waals surface area contributed by atoms with Crippen LogP contribution in [0.3, 0.4) is 0 Å². The van der Waals surface area contributed by atoms with Gasteiger partial charge in [0.1, 0.15) is 0 Å². The van der Waals surface area contributed by atoms with E-state index in [1.54, 1.807) is 0 Å². The molecule has 1 saturated carbocycles. The third-order valence-electron chi connectivity index (χ3n) is 3.39. The fourth-order valence-corrected chi connectivity index (χ4v) is 2.16. The number of unbranched alkanes of at least 4 members (excludes halogenated alkanes) is 2. The number of hydrogen-bond acceptors (Lipinski definition) is 4. The van der Waals surface area contributed by atoms with Crippen molar-refractivity contribution in [2.75, 3.05) is 6.54 Å². The maximum atomic E-state index is 8.52. The molecule has 0 bridgehead atoms. The molecule has 5 heteroatoms. The Morgan fingerprint density at radius 1 is 1.39 bits per heavy atom. The summed E-state index contributed by atoms with van der Waals surface area (Å²) in [4.78, 5) is 0. The molecular weight excluding hydrogens is 226 g/mol. The van der Waals surface area contributed by atoms with E-state index in [9.17, 15) is 0 Å². The SMILES string of the molecule is N#CCCCCn1nnc(CCN)c1CC1CC1. The van der Waals surface area contributed by atoms with E-state index >= 15 is 0 Å². The van der Waals surface area contributed by atoms with Crippen LogP contribution in [-0.2, 0) is 19.4 Å². The lowest BCUT2D eigenvalue weighted by atomic mass is 10.1. The quantitative estimate of drug-likeness (QED) is 0.704. The summed E-state index contributed by atoms with van der Waals surface area (Å²) in [6, 6.07) is 2.17. The van der Waals surface area contributed by atoms with Crippen LogP contribution >= 0.6 is 0 Å². The van der Waals surface area contributed by atoms with Gasteiger partial charge >= 0.3 is 0 Å². The summed E-state index contributed by atoms with van der Waals surface area (Å²) in [5.74, 6) is 0.831. The van der Waals surface area contributed by atoms with Crippen LogP contribution in [0.5, 0.6) is 0 Å². The topological polar surface area (TPSA) is 80.5 Å². The van der Waals surface area contributed by atoms with Gasteiger partial charge in [0, 0.05) is 19.4 Å². The molecule has 1 aliphatic carbocycles. The lowest BCUT2D eigenvalue weighted by Crippen LogP contribution is -2.10. The molecule has 1 aromatic rings. The summed E-state index contributed by atoms with van der Waals surface area (Å²) in [7, 11) is 0. The minimum absolute atomic E-state index is 0.627. The minimum atomic E-state index is 0.627. The standard InChI is InChI=1S/C13H21N5/c14-7-2-1-3-9-18-13(10-11-4-5-11)12(6-8-15)16-17-18/h11H,1-6,8-10,15H2. The summed E-state index contributed by atoms with van der Waals surface area (Å²) in [6.45, 7) is 1.51. The van der Waals surface area contributed by atoms with E-state index in [4.69, 9.17) is 11.0 Å². The van der Waals surface area contributed by atoms with Gasteiger partial charge in [-0.3, -0.25) is 0 Å². The van der Waals surface area contributed by atoms with Crippen LogP contribution in [0.2, 0.25) is 0 Å². The second-order valence-electron chi connectivity index (χ2n) is 5.01. The molecule has 0 spiro atoms. The van der Waals surface area contributed by atoms with Crippen molar-refractivity contribution in [2.45, 2.75) is 51.5 Å². The zero-order valence-electron chi connectivity index (χ0n) is 10.8. The van der Waals surface area contributed by atoms with Gasteiger partial charge in [0.05, 0.1) is 17.5 Å². The monoisotopic (exact) mass is 247 g/mol. The van der Waals surface area contributed by atoms with Crippen molar-refractivity contribution in [2.24, 2.45) is 11.7 Å². The molecule has 0 aromatic carbocycles. The van der Waals surface area contributed by atoms with Gasteiger partial charge < -0.3 is 5.73 Å². The van der Waals surface area contributed by atoms with E-state index in [-0.39, 0.29) is 0 Å². The van der Waals surface area contributed by atoms with E-state index < -0.39 is 0 Å². The predicted molar refractivity (Wildman–Crippen MR) is 68.7 cm³/mol. The molecular formula is C13H21N5. The predicted octanol–water partition coefficient (Wildman–Crippen LogP) is 1.43. The normalized spacial score (nSPS) is 14.7. The molecule has 1 aliphatic rings. The average molecular weight is 247 g/mol. The highest BCUT2D eigenvalue weighted by atomic mass is 15.4. The van der Waals surface area contributed by atoms with Crippen molar-refractivity contribution in [3.8, 4) is 6.07 Å². The van der Waals surface area contributed by atoms with Gasteiger partial charge in [0.2, 0.25) is 0 Å². The Labute approximate surface area is 108 Å². The van der Waals surface area contributed by atoms with Crippen molar-refractivity contribution >= 4 is 0 Å². The zero-order valence-corrected chi connectivity index (χ0v) is 10.8. The molecule has 18 heavy (non-hydrogen) atoms. The number of aromatic nitrogens is 3. The number of hydrogen-bond donors (Lipinski definition) is 1. The van der Waals surface area contributed by atoms with Crippen LogP contribution in [0.15, 0.2) is 0 Å². The Kier molecular flexibility index (Phi) is 4.71. The number of nitrogens with two attached hydrogens (primary N) is 1. The van der Waals surface area contributed by atoms with Crippen molar-refractivity contribution in [1.82, 2.24) is 15.0 Å². The van der Waals surface area contributed by atoms with Crippen molar-refractivity contribution < 1.29 is 0 Å². The molecule has 0 amide bonds. The molecule has 0 saturated heterocycles. The molecule has 98 valence electrons. The van der Waals surface area contributed by atoms with E-state index in [2.05, 4.69) is 16.4 Å². The van der Waals surface area contributed by atoms with Gasteiger partial charge in [-0.2, -0.15) is 5.26 Å².